The minimum atomic E-state index is -0.112. The molecule has 0 spiro atoms. The van der Waals surface area contributed by atoms with Gasteiger partial charge in [-0.05, 0) is 30.3 Å². The second-order valence-corrected chi connectivity index (χ2v) is 4.09. The van der Waals surface area contributed by atoms with Gasteiger partial charge in [-0.1, -0.05) is 11.6 Å². The molecule has 1 heterocycles. The zero-order valence-corrected chi connectivity index (χ0v) is 10.2. The minimum Gasteiger partial charge on any atom is -0.462 e. The van der Waals surface area contributed by atoms with Crippen LogP contribution >= 0.6 is 11.6 Å². The van der Waals surface area contributed by atoms with Crippen molar-refractivity contribution in [1.82, 2.24) is 0 Å². The number of nitrogens with one attached hydrogen (secondary N) is 1. The molecule has 4 nitrogen and oxygen atoms in total. The summed E-state index contributed by atoms with van der Waals surface area (Å²) in [5.41, 5.74) is 1.22. The van der Waals surface area contributed by atoms with Crippen molar-refractivity contribution in [2.75, 3.05) is 5.32 Å². The Bertz CT molecular complexity index is 587. The van der Waals surface area contributed by atoms with Crippen LogP contribution in [0.3, 0.4) is 0 Å². The van der Waals surface area contributed by atoms with Crippen LogP contribution in [0.4, 0.5) is 5.69 Å². The van der Waals surface area contributed by atoms with Crippen molar-refractivity contribution in [1.29, 1.82) is 5.26 Å². The van der Waals surface area contributed by atoms with Crippen molar-refractivity contribution in [3.63, 3.8) is 0 Å². The Morgan fingerprint density at radius 2 is 2.06 bits per heavy atom. The topological polar surface area (TPSA) is 69.2 Å². The number of aliphatic hydroxyl groups is 1. The molecule has 5 heteroatoms. The van der Waals surface area contributed by atoms with E-state index in [1.165, 1.54) is 0 Å². The van der Waals surface area contributed by atoms with Crippen molar-refractivity contribution in [3.8, 4) is 6.07 Å². The maximum Gasteiger partial charge on any atom is 0.129 e. The molecule has 2 rings (SSSR count). The first-order valence-electron chi connectivity index (χ1n) is 5.35. The lowest BCUT2D eigenvalue weighted by Gasteiger charge is -2.05. The van der Waals surface area contributed by atoms with Crippen LogP contribution in [-0.2, 0) is 13.2 Å². The zero-order chi connectivity index (χ0) is 13.0. The number of anilines is 1. The summed E-state index contributed by atoms with van der Waals surface area (Å²) in [4.78, 5) is 0. The molecule has 0 aliphatic carbocycles. The van der Waals surface area contributed by atoms with Gasteiger partial charge >= 0.3 is 0 Å². The average Bonchev–Trinajstić information content (AvgIpc) is 2.86. The Labute approximate surface area is 109 Å². The van der Waals surface area contributed by atoms with Crippen molar-refractivity contribution in [3.05, 3.63) is 52.4 Å². The third-order valence-corrected chi connectivity index (χ3v) is 2.76. The zero-order valence-electron chi connectivity index (χ0n) is 9.48. The molecule has 0 saturated heterocycles. The lowest BCUT2D eigenvalue weighted by atomic mass is 10.2. The number of hydrogen-bond acceptors (Lipinski definition) is 4. The molecule has 2 aromatic rings. The SMILES string of the molecule is N#Cc1cc(NCc2ccc(CO)o2)ccc1Cl. The number of aliphatic hydroxyl groups excluding tert-OH is 1. The Kier molecular flexibility index (Phi) is 3.88. The summed E-state index contributed by atoms with van der Waals surface area (Å²) in [7, 11) is 0. The van der Waals surface area contributed by atoms with Gasteiger partial charge in [0.2, 0.25) is 0 Å². The smallest absolute Gasteiger partial charge is 0.129 e. The summed E-state index contributed by atoms with van der Waals surface area (Å²) >= 11 is 5.84. The van der Waals surface area contributed by atoms with E-state index < -0.39 is 0 Å². The molecule has 0 fully saturated rings. The first-order chi connectivity index (χ1) is 8.72. The van der Waals surface area contributed by atoms with Gasteiger partial charge < -0.3 is 14.8 Å². The van der Waals surface area contributed by atoms with Gasteiger partial charge in [-0.2, -0.15) is 5.26 Å². The molecule has 1 aromatic heterocycles. The molecule has 18 heavy (non-hydrogen) atoms. The minimum absolute atomic E-state index is 0.112. The van der Waals surface area contributed by atoms with E-state index in [1.807, 2.05) is 6.07 Å². The van der Waals surface area contributed by atoms with Gasteiger partial charge in [0.25, 0.3) is 0 Å². The highest BCUT2D eigenvalue weighted by molar-refractivity contribution is 6.31. The first-order valence-corrected chi connectivity index (χ1v) is 5.72. The molecule has 0 aliphatic rings. The standard InChI is InChI=1S/C13H11ClN2O2/c14-13-4-1-10(5-9(13)6-15)16-7-11-2-3-12(8-17)18-11/h1-5,16-17H,7-8H2. The van der Waals surface area contributed by atoms with Crippen molar-refractivity contribution < 1.29 is 9.52 Å². The van der Waals surface area contributed by atoms with Gasteiger partial charge in [-0.15, -0.1) is 0 Å². The van der Waals surface area contributed by atoms with E-state index in [0.717, 1.165) is 5.69 Å². The van der Waals surface area contributed by atoms with Gasteiger partial charge in [0, 0.05) is 5.69 Å². The lowest BCUT2D eigenvalue weighted by Crippen LogP contribution is -1.98. The highest BCUT2D eigenvalue weighted by atomic mass is 35.5. The van der Waals surface area contributed by atoms with E-state index in [0.29, 0.717) is 28.7 Å². The van der Waals surface area contributed by atoms with Gasteiger partial charge in [0.15, 0.2) is 0 Å². The Hall–Kier alpha value is -1.96. The number of benzene rings is 1. The largest absolute Gasteiger partial charge is 0.462 e. The molecule has 1 aromatic carbocycles. The van der Waals surface area contributed by atoms with Crippen LogP contribution in [0.5, 0.6) is 0 Å². The van der Waals surface area contributed by atoms with Crippen LogP contribution in [0, 0.1) is 11.3 Å². The Morgan fingerprint density at radius 3 is 2.72 bits per heavy atom. The fraction of sp³-hybridized carbons (Fsp3) is 0.154. The fourth-order valence-electron chi connectivity index (χ4n) is 1.51. The molecule has 0 atom stereocenters. The Morgan fingerprint density at radius 1 is 1.28 bits per heavy atom. The maximum atomic E-state index is 8.87. The number of hydrogen-bond donors (Lipinski definition) is 2. The van der Waals surface area contributed by atoms with E-state index in [-0.39, 0.29) is 6.61 Å². The lowest BCUT2D eigenvalue weighted by molar-refractivity contribution is 0.244. The highest BCUT2D eigenvalue weighted by Crippen LogP contribution is 2.20. The fourth-order valence-corrected chi connectivity index (χ4v) is 1.67. The second-order valence-electron chi connectivity index (χ2n) is 3.69. The third kappa shape index (κ3) is 2.83. The van der Waals surface area contributed by atoms with E-state index in [1.54, 1.807) is 30.3 Å². The molecular weight excluding hydrogens is 252 g/mol. The molecule has 0 unspecified atom stereocenters. The molecular formula is C13H11ClN2O2. The van der Waals surface area contributed by atoms with Crippen LogP contribution in [0.15, 0.2) is 34.7 Å². The van der Waals surface area contributed by atoms with E-state index >= 15 is 0 Å². The molecule has 0 radical (unpaired) electrons. The highest BCUT2D eigenvalue weighted by Gasteiger charge is 2.03. The van der Waals surface area contributed by atoms with Crippen LogP contribution < -0.4 is 5.32 Å². The van der Waals surface area contributed by atoms with Crippen molar-refractivity contribution in [2.24, 2.45) is 0 Å². The van der Waals surface area contributed by atoms with E-state index in [9.17, 15) is 0 Å². The average molecular weight is 263 g/mol. The number of furan rings is 1. The summed E-state index contributed by atoms with van der Waals surface area (Å²) in [5, 5.41) is 21.3. The van der Waals surface area contributed by atoms with Gasteiger partial charge in [-0.3, -0.25) is 0 Å². The number of nitriles is 1. The molecule has 0 bridgehead atoms. The summed E-state index contributed by atoms with van der Waals surface area (Å²) < 4.78 is 5.33. The summed E-state index contributed by atoms with van der Waals surface area (Å²) in [6.07, 6.45) is 0. The van der Waals surface area contributed by atoms with Crippen LogP contribution in [-0.4, -0.2) is 5.11 Å². The van der Waals surface area contributed by atoms with Gasteiger partial charge in [0.1, 0.15) is 24.2 Å². The quantitative estimate of drug-likeness (QED) is 0.889. The first kappa shape index (κ1) is 12.5. The predicted octanol–water partition coefficient (Wildman–Crippen LogP) is 2.91. The molecule has 0 aliphatic heterocycles. The molecule has 2 N–H and O–H groups in total. The van der Waals surface area contributed by atoms with Crippen molar-refractivity contribution >= 4 is 17.3 Å². The number of halogens is 1. The van der Waals surface area contributed by atoms with E-state index in [2.05, 4.69) is 5.32 Å². The van der Waals surface area contributed by atoms with Gasteiger partial charge in [-0.25, -0.2) is 0 Å². The van der Waals surface area contributed by atoms with Crippen LogP contribution in [0.1, 0.15) is 17.1 Å². The maximum absolute atomic E-state index is 8.87. The normalized spacial score (nSPS) is 10.1. The van der Waals surface area contributed by atoms with Gasteiger partial charge in [0.05, 0.1) is 17.1 Å². The summed E-state index contributed by atoms with van der Waals surface area (Å²) in [6.45, 7) is 0.367. The molecule has 92 valence electrons. The van der Waals surface area contributed by atoms with Crippen LogP contribution in [0.2, 0.25) is 5.02 Å². The molecule has 0 amide bonds. The van der Waals surface area contributed by atoms with Crippen LogP contribution in [0.25, 0.3) is 0 Å². The number of nitrogens with zero attached hydrogens (tertiary/aromatic N) is 1. The van der Waals surface area contributed by atoms with Crippen molar-refractivity contribution in [2.45, 2.75) is 13.2 Å². The predicted molar refractivity (Wildman–Crippen MR) is 68.1 cm³/mol. The third-order valence-electron chi connectivity index (χ3n) is 2.43. The van der Waals surface area contributed by atoms with E-state index in [4.69, 9.17) is 26.4 Å². The molecule has 0 saturated carbocycles. The summed E-state index contributed by atoms with van der Waals surface area (Å²) in [6, 6.07) is 10.7. The number of rotatable bonds is 4. The second kappa shape index (κ2) is 5.58. The monoisotopic (exact) mass is 262 g/mol. The summed E-state index contributed by atoms with van der Waals surface area (Å²) in [5.74, 6) is 1.24. The Balaban J connectivity index is 2.04.